The Hall–Kier alpha value is -2.86. The molecule has 0 aliphatic carbocycles. The number of nitrogens with zero attached hydrogens (tertiary/aromatic N) is 1. The number of nitriles is 1. The van der Waals surface area contributed by atoms with E-state index in [0.29, 0.717) is 5.57 Å². The predicted molar refractivity (Wildman–Crippen MR) is 80.7 cm³/mol. The highest BCUT2D eigenvalue weighted by Crippen LogP contribution is 2.18. The molecular weight excluding hydrogens is 248 g/mol. The normalized spacial score (nSPS) is 10.7. The van der Waals surface area contributed by atoms with Crippen LogP contribution in [0.3, 0.4) is 0 Å². The van der Waals surface area contributed by atoms with Gasteiger partial charge in [-0.05, 0) is 29.3 Å². The molecule has 0 saturated carbocycles. The number of hydrogen-bond acceptors (Lipinski definition) is 2. The number of allylic oxidation sites excluding steroid dienone is 1. The molecule has 0 saturated heterocycles. The number of anilines is 1. The highest BCUT2D eigenvalue weighted by atomic mass is 16.1. The van der Waals surface area contributed by atoms with Crippen molar-refractivity contribution < 1.29 is 4.79 Å². The third-order valence-electron chi connectivity index (χ3n) is 2.75. The molecule has 0 aliphatic rings. The highest BCUT2D eigenvalue weighted by molar-refractivity contribution is 5.91. The minimum Gasteiger partial charge on any atom is -0.326 e. The molecule has 0 spiro atoms. The van der Waals surface area contributed by atoms with Gasteiger partial charge >= 0.3 is 0 Å². The molecule has 0 bridgehead atoms. The van der Waals surface area contributed by atoms with E-state index < -0.39 is 0 Å². The molecule has 0 atom stereocenters. The predicted octanol–water partition coefficient (Wildman–Crippen LogP) is 3.71. The Bertz CT molecular complexity index is 664. The molecule has 1 amide bonds. The van der Waals surface area contributed by atoms with E-state index in [2.05, 4.69) is 11.4 Å². The summed E-state index contributed by atoms with van der Waals surface area (Å²) in [5.74, 6) is -0.102. The molecule has 2 rings (SSSR count). The van der Waals surface area contributed by atoms with Gasteiger partial charge in [-0.2, -0.15) is 5.26 Å². The summed E-state index contributed by atoms with van der Waals surface area (Å²) in [6.45, 7) is 1.47. The Morgan fingerprint density at radius 1 is 1.10 bits per heavy atom. The first-order valence-electron chi connectivity index (χ1n) is 6.24. The van der Waals surface area contributed by atoms with Crippen LogP contribution >= 0.6 is 0 Å². The quantitative estimate of drug-likeness (QED) is 0.677. The summed E-state index contributed by atoms with van der Waals surface area (Å²) in [7, 11) is 0. The maximum absolute atomic E-state index is 10.9. The van der Waals surface area contributed by atoms with Gasteiger partial charge in [-0.25, -0.2) is 0 Å². The zero-order valence-corrected chi connectivity index (χ0v) is 11.1. The topological polar surface area (TPSA) is 52.9 Å². The fourth-order valence-corrected chi connectivity index (χ4v) is 1.83. The van der Waals surface area contributed by atoms with Gasteiger partial charge in [0.2, 0.25) is 5.91 Å². The van der Waals surface area contributed by atoms with Crippen molar-refractivity contribution in [3.05, 3.63) is 65.7 Å². The average molecular weight is 262 g/mol. The van der Waals surface area contributed by atoms with Crippen LogP contribution in [-0.2, 0) is 4.79 Å². The third kappa shape index (κ3) is 3.56. The zero-order chi connectivity index (χ0) is 14.4. The second kappa shape index (κ2) is 6.35. The van der Waals surface area contributed by atoms with Crippen molar-refractivity contribution in [1.29, 1.82) is 5.26 Å². The van der Waals surface area contributed by atoms with Gasteiger partial charge < -0.3 is 5.32 Å². The van der Waals surface area contributed by atoms with E-state index in [0.717, 1.165) is 16.8 Å². The van der Waals surface area contributed by atoms with Crippen LogP contribution in [0.25, 0.3) is 11.6 Å². The molecule has 3 heteroatoms. The van der Waals surface area contributed by atoms with Crippen molar-refractivity contribution in [3.8, 4) is 6.07 Å². The monoisotopic (exact) mass is 262 g/mol. The maximum atomic E-state index is 10.9. The van der Waals surface area contributed by atoms with Gasteiger partial charge in [0, 0.05) is 12.6 Å². The molecule has 0 aliphatic heterocycles. The molecule has 0 heterocycles. The molecule has 20 heavy (non-hydrogen) atoms. The lowest BCUT2D eigenvalue weighted by molar-refractivity contribution is -0.114. The number of hydrogen-bond donors (Lipinski definition) is 1. The molecule has 3 nitrogen and oxygen atoms in total. The Labute approximate surface area is 118 Å². The first-order chi connectivity index (χ1) is 9.69. The zero-order valence-electron chi connectivity index (χ0n) is 11.1. The average Bonchev–Trinajstić information content (AvgIpc) is 2.47. The summed E-state index contributed by atoms with van der Waals surface area (Å²) in [6.07, 6.45) is 1.83. The summed E-state index contributed by atoms with van der Waals surface area (Å²) in [5, 5.41) is 11.9. The van der Waals surface area contributed by atoms with E-state index in [1.54, 1.807) is 0 Å². The molecule has 0 radical (unpaired) electrons. The second-order valence-electron chi connectivity index (χ2n) is 4.34. The fraction of sp³-hybridized carbons (Fsp3) is 0.0588. The van der Waals surface area contributed by atoms with E-state index in [4.69, 9.17) is 0 Å². The third-order valence-corrected chi connectivity index (χ3v) is 2.75. The van der Waals surface area contributed by atoms with Crippen molar-refractivity contribution >= 4 is 23.2 Å². The number of carbonyl (C=O) groups is 1. The fourth-order valence-electron chi connectivity index (χ4n) is 1.83. The number of carbonyl (C=O) groups excluding carboxylic acids is 1. The summed E-state index contributed by atoms with van der Waals surface area (Å²) in [6, 6.07) is 19.1. The largest absolute Gasteiger partial charge is 0.326 e. The van der Waals surface area contributed by atoms with Crippen LogP contribution < -0.4 is 5.32 Å². The first-order valence-corrected chi connectivity index (χ1v) is 6.24. The lowest BCUT2D eigenvalue weighted by Gasteiger charge is -2.03. The Morgan fingerprint density at radius 3 is 2.30 bits per heavy atom. The van der Waals surface area contributed by atoms with Crippen molar-refractivity contribution in [2.45, 2.75) is 6.92 Å². The Morgan fingerprint density at radius 2 is 1.75 bits per heavy atom. The molecule has 0 unspecified atom stereocenters. The molecule has 0 fully saturated rings. The van der Waals surface area contributed by atoms with Crippen LogP contribution in [0.5, 0.6) is 0 Å². The molecular formula is C17H14N2O. The van der Waals surface area contributed by atoms with Crippen molar-refractivity contribution in [1.82, 2.24) is 0 Å². The summed E-state index contributed by atoms with van der Waals surface area (Å²) in [4.78, 5) is 10.9. The highest BCUT2D eigenvalue weighted by Gasteiger charge is 2.00. The SMILES string of the molecule is CC(=O)Nc1ccc(/C=C(\C#N)c2ccccc2)cc1. The lowest BCUT2D eigenvalue weighted by atomic mass is 10.0. The standard InChI is InChI=1S/C17H14N2O/c1-13(20)19-17-9-7-14(8-10-17)11-16(12-18)15-5-3-2-4-6-15/h2-11H,1H3,(H,19,20)/b16-11+. The first kappa shape index (κ1) is 13.6. The van der Waals surface area contributed by atoms with Crippen LogP contribution in [0.4, 0.5) is 5.69 Å². The van der Waals surface area contributed by atoms with Gasteiger partial charge in [0.25, 0.3) is 0 Å². The summed E-state index contributed by atoms with van der Waals surface area (Å²) < 4.78 is 0. The number of amides is 1. The van der Waals surface area contributed by atoms with Crippen LogP contribution in [0.1, 0.15) is 18.1 Å². The lowest BCUT2D eigenvalue weighted by Crippen LogP contribution is -2.05. The van der Waals surface area contributed by atoms with E-state index in [1.165, 1.54) is 6.92 Å². The van der Waals surface area contributed by atoms with Crippen LogP contribution in [0.2, 0.25) is 0 Å². The van der Waals surface area contributed by atoms with Crippen molar-refractivity contribution in [3.63, 3.8) is 0 Å². The molecule has 98 valence electrons. The van der Waals surface area contributed by atoms with Gasteiger partial charge in [-0.15, -0.1) is 0 Å². The van der Waals surface area contributed by atoms with Crippen LogP contribution in [0, 0.1) is 11.3 Å². The smallest absolute Gasteiger partial charge is 0.221 e. The minimum atomic E-state index is -0.102. The van der Waals surface area contributed by atoms with Gasteiger partial charge in [0.1, 0.15) is 0 Å². The van der Waals surface area contributed by atoms with Crippen molar-refractivity contribution in [2.75, 3.05) is 5.32 Å². The van der Waals surface area contributed by atoms with E-state index in [1.807, 2.05) is 60.7 Å². The molecule has 2 aromatic rings. The van der Waals surface area contributed by atoms with Gasteiger partial charge in [-0.1, -0.05) is 42.5 Å². The number of nitrogens with one attached hydrogen (secondary N) is 1. The van der Waals surface area contributed by atoms with Crippen LogP contribution in [0.15, 0.2) is 54.6 Å². The molecule has 1 N–H and O–H groups in total. The van der Waals surface area contributed by atoms with Crippen LogP contribution in [-0.4, -0.2) is 5.91 Å². The van der Waals surface area contributed by atoms with E-state index in [9.17, 15) is 10.1 Å². The van der Waals surface area contributed by atoms with Gasteiger partial charge in [0.15, 0.2) is 0 Å². The van der Waals surface area contributed by atoms with E-state index >= 15 is 0 Å². The second-order valence-corrected chi connectivity index (χ2v) is 4.34. The summed E-state index contributed by atoms with van der Waals surface area (Å²) in [5.41, 5.74) is 3.16. The summed E-state index contributed by atoms with van der Waals surface area (Å²) >= 11 is 0. The van der Waals surface area contributed by atoms with E-state index in [-0.39, 0.29) is 5.91 Å². The van der Waals surface area contributed by atoms with Gasteiger partial charge in [0.05, 0.1) is 11.6 Å². The Balaban J connectivity index is 2.25. The minimum absolute atomic E-state index is 0.102. The Kier molecular flexibility index (Phi) is 4.31. The molecule has 2 aromatic carbocycles. The van der Waals surface area contributed by atoms with Crippen molar-refractivity contribution in [2.24, 2.45) is 0 Å². The number of benzene rings is 2. The van der Waals surface area contributed by atoms with Gasteiger partial charge in [-0.3, -0.25) is 4.79 Å². The maximum Gasteiger partial charge on any atom is 0.221 e. The number of rotatable bonds is 3. The molecule has 0 aromatic heterocycles.